The zero-order valence-corrected chi connectivity index (χ0v) is 14.1. The van der Waals surface area contributed by atoms with Gasteiger partial charge in [0.2, 0.25) is 0 Å². The van der Waals surface area contributed by atoms with E-state index in [1.54, 1.807) is 0 Å². The van der Waals surface area contributed by atoms with Crippen molar-refractivity contribution >= 4 is 17.1 Å². The van der Waals surface area contributed by atoms with Crippen molar-refractivity contribution in [2.24, 2.45) is 0 Å². The molecular weight excluding hydrogens is 294 g/mol. The summed E-state index contributed by atoms with van der Waals surface area (Å²) >= 11 is 0. The van der Waals surface area contributed by atoms with Crippen LogP contribution in [0.4, 0.5) is 17.1 Å². The van der Waals surface area contributed by atoms with Crippen molar-refractivity contribution in [3.8, 4) is 5.75 Å². The van der Waals surface area contributed by atoms with Gasteiger partial charge < -0.3 is 9.64 Å². The monoisotopic (exact) mass is 317 g/mol. The predicted octanol–water partition coefficient (Wildman–Crippen LogP) is 6.34. The van der Waals surface area contributed by atoms with Crippen LogP contribution in [-0.2, 0) is 0 Å². The fourth-order valence-corrected chi connectivity index (χ4v) is 2.65. The first-order valence-electron chi connectivity index (χ1n) is 8.51. The minimum Gasteiger partial charge on any atom is -0.494 e. The van der Waals surface area contributed by atoms with Gasteiger partial charge >= 0.3 is 0 Å². The molecule has 122 valence electrons. The molecule has 0 bridgehead atoms. The molecule has 3 rings (SSSR count). The van der Waals surface area contributed by atoms with Crippen LogP contribution in [-0.4, -0.2) is 6.61 Å². The third kappa shape index (κ3) is 3.96. The summed E-state index contributed by atoms with van der Waals surface area (Å²) in [5.74, 6) is 0.915. The molecular formula is C22H23NO. The summed E-state index contributed by atoms with van der Waals surface area (Å²) in [6.45, 7) is 2.93. The third-order valence-electron chi connectivity index (χ3n) is 3.87. The first-order valence-corrected chi connectivity index (χ1v) is 8.51. The normalized spacial score (nSPS) is 10.4. The lowest BCUT2D eigenvalue weighted by Crippen LogP contribution is -2.09. The van der Waals surface area contributed by atoms with Crippen LogP contribution in [0.15, 0.2) is 84.9 Å². The van der Waals surface area contributed by atoms with Gasteiger partial charge in [0, 0.05) is 23.1 Å². The van der Waals surface area contributed by atoms with Crippen molar-refractivity contribution in [1.29, 1.82) is 0 Å². The van der Waals surface area contributed by atoms with E-state index in [1.807, 2.05) is 18.2 Å². The number of benzene rings is 3. The Morgan fingerprint density at radius 1 is 0.708 bits per heavy atom. The molecule has 0 aliphatic carbocycles. The van der Waals surface area contributed by atoms with Crippen molar-refractivity contribution in [3.63, 3.8) is 0 Å². The van der Waals surface area contributed by atoms with Crippen molar-refractivity contribution in [2.45, 2.75) is 19.8 Å². The average molecular weight is 317 g/mol. The first-order chi connectivity index (χ1) is 11.9. The Balaban J connectivity index is 1.96. The lowest BCUT2D eigenvalue weighted by atomic mass is 10.2. The number of hydrogen-bond donors (Lipinski definition) is 0. The molecule has 3 aromatic carbocycles. The van der Waals surface area contributed by atoms with Crippen LogP contribution >= 0.6 is 0 Å². The first kappa shape index (κ1) is 16.1. The van der Waals surface area contributed by atoms with E-state index in [4.69, 9.17) is 4.74 Å². The van der Waals surface area contributed by atoms with Gasteiger partial charge in [-0.25, -0.2) is 0 Å². The molecule has 0 saturated carbocycles. The molecule has 0 atom stereocenters. The Hall–Kier alpha value is -2.74. The Morgan fingerprint density at radius 2 is 1.29 bits per heavy atom. The molecule has 2 nitrogen and oxygen atoms in total. The van der Waals surface area contributed by atoms with Gasteiger partial charge in [-0.2, -0.15) is 0 Å². The highest BCUT2D eigenvalue weighted by Gasteiger charge is 2.12. The highest BCUT2D eigenvalue weighted by Crippen LogP contribution is 2.35. The lowest BCUT2D eigenvalue weighted by Gasteiger charge is -2.25. The second kappa shape index (κ2) is 8.21. The third-order valence-corrected chi connectivity index (χ3v) is 3.87. The van der Waals surface area contributed by atoms with Crippen LogP contribution in [0.1, 0.15) is 19.8 Å². The Morgan fingerprint density at radius 3 is 1.88 bits per heavy atom. The van der Waals surface area contributed by atoms with Crippen LogP contribution < -0.4 is 9.64 Å². The second-order valence-corrected chi connectivity index (χ2v) is 5.71. The van der Waals surface area contributed by atoms with Gasteiger partial charge in [0.1, 0.15) is 5.75 Å². The molecule has 0 aromatic heterocycles. The summed E-state index contributed by atoms with van der Waals surface area (Å²) < 4.78 is 5.88. The molecule has 0 aliphatic rings. The average Bonchev–Trinajstić information content (AvgIpc) is 2.64. The minimum atomic E-state index is 0.761. The molecule has 0 fully saturated rings. The topological polar surface area (TPSA) is 12.5 Å². The highest BCUT2D eigenvalue weighted by molar-refractivity contribution is 5.76. The SMILES string of the molecule is CCCCOc1cccc(N(c2ccccc2)c2ccccc2)c1. The van der Waals surface area contributed by atoms with Gasteiger partial charge in [0.25, 0.3) is 0 Å². The molecule has 0 radical (unpaired) electrons. The molecule has 0 amide bonds. The zero-order chi connectivity index (χ0) is 16.6. The van der Waals surface area contributed by atoms with Crippen molar-refractivity contribution in [1.82, 2.24) is 0 Å². The van der Waals surface area contributed by atoms with Crippen LogP contribution in [0.5, 0.6) is 5.75 Å². The van der Waals surface area contributed by atoms with E-state index in [9.17, 15) is 0 Å². The fraction of sp³-hybridized carbons (Fsp3) is 0.182. The maximum atomic E-state index is 5.88. The summed E-state index contributed by atoms with van der Waals surface area (Å²) in [5, 5.41) is 0. The van der Waals surface area contributed by atoms with E-state index in [0.717, 1.165) is 42.3 Å². The number of ether oxygens (including phenoxy) is 1. The predicted molar refractivity (Wildman–Crippen MR) is 102 cm³/mol. The van der Waals surface area contributed by atoms with Crippen LogP contribution in [0.2, 0.25) is 0 Å². The largest absolute Gasteiger partial charge is 0.494 e. The van der Waals surface area contributed by atoms with Gasteiger partial charge in [0.05, 0.1) is 6.61 Å². The minimum absolute atomic E-state index is 0.761. The van der Waals surface area contributed by atoms with E-state index in [-0.39, 0.29) is 0 Å². The Bertz CT molecular complexity index is 701. The smallest absolute Gasteiger partial charge is 0.121 e. The lowest BCUT2D eigenvalue weighted by molar-refractivity contribution is 0.309. The van der Waals surface area contributed by atoms with E-state index in [1.165, 1.54) is 0 Å². The van der Waals surface area contributed by atoms with Gasteiger partial charge in [-0.05, 0) is 42.8 Å². The van der Waals surface area contributed by atoms with Crippen molar-refractivity contribution < 1.29 is 4.74 Å². The van der Waals surface area contributed by atoms with Crippen LogP contribution in [0.3, 0.4) is 0 Å². The summed E-state index contributed by atoms with van der Waals surface area (Å²) in [4.78, 5) is 2.24. The van der Waals surface area contributed by atoms with Gasteiger partial charge in [-0.3, -0.25) is 0 Å². The summed E-state index contributed by atoms with van der Waals surface area (Å²) in [6.07, 6.45) is 2.21. The van der Waals surface area contributed by atoms with E-state index in [0.29, 0.717) is 0 Å². The quantitative estimate of drug-likeness (QED) is 0.472. The van der Waals surface area contributed by atoms with Gasteiger partial charge in [0.15, 0.2) is 0 Å². The number of para-hydroxylation sites is 2. The second-order valence-electron chi connectivity index (χ2n) is 5.71. The number of hydrogen-bond acceptors (Lipinski definition) is 2. The molecule has 0 aliphatic heterocycles. The zero-order valence-electron chi connectivity index (χ0n) is 14.1. The molecule has 3 aromatic rings. The summed E-state index contributed by atoms with van der Waals surface area (Å²) in [6, 6.07) is 29.1. The van der Waals surface area contributed by atoms with E-state index >= 15 is 0 Å². The maximum Gasteiger partial charge on any atom is 0.121 e. The fourth-order valence-electron chi connectivity index (χ4n) is 2.65. The van der Waals surface area contributed by atoms with Crippen LogP contribution in [0.25, 0.3) is 0 Å². The molecule has 0 N–H and O–H groups in total. The molecule has 0 spiro atoms. The highest BCUT2D eigenvalue weighted by atomic mass is 16.5. The number of rotatable bonds is 7. The molecule has 0 heterocycles. The molecule has 2 heteroatoms. The number of anilines is 3. The standard InChI is InChI=1S/C22H23NO/c1-2-3-17-24-22-16-10-15-21(18-22)23(19-11-6-4-7-12-19)20-13-8-5-9-14-20/h4-16,18H,2-3,17H2,1H3. The molecule has 0 unspecified atom stereocenters. The van der Waals surface area contributed by atoms with Crippen molar-refractivity contribution in [3.05, 3.63) is 84.9 Å². The van der Waals surface area contributed by atoms with Crippen LogP contribution in [0, 0.1) is 0 Å². The number of unbranched alkanes of at least 4 members (excludes halogenated alkanes) is 1. The van der Waals surface area contributed by atoms with E-state index in [2.05, 4.69) is 78.6 Å². The van der Waals surface area contributed by atoms with Crippen molar-refractivity contribution in [2.75, 3.05) is 11.5 Å². The summed E-state index contributed by atoms with van der Waals surface area (Å²) in [7, 11) is 0. The maximum absolute atomic E-state index is 5.88. The Kier molecular flexibility index (Phi) is 5.52. The molecule has 0 saturated heterocycles. The Labute approximate surface area is 144 Å². The van der Waals surface area contributed by atoms with Gasteiger partial charge in [-0.1, -0.05) is 55.8 Å². The molecule has 24 heavy (non-hydrogen) atoms. The summed E-state index contributed by atoms with van der Waals surface area (Å²) in [5.41, 5.74) is 3.37. The van der Waals surface area contributed by atoms with Gasteiger partial charge in [-0.15, -0.1) is 0 Å². The van der Waals surface area contributed by atoms with E-state index < -0.39 is 0 Å². The number of nitrogens with zero attached hydrogens (tertiary/aromatic N) is 1.